The highest BCUT2D eigenvalue weighted by Gasteiger charge is 2.05. The van der Waals surface area contributed by atoms with Crippen LogP contribution in [0.15, 0.2) is 9.24 Å². The Bertz CT molecular complexity index is 197. The van der Waals surface area contributed by atoms with E-state index in [1.807, 2.05) is 0 Å². The summed E-state index contributed by atoms with van der Waals surface area (Å²) in [6.07, 6.45) is 4.15. The van der Waals surface area contributed by atoms with E-state index >= 15 is 0 Å². The zero-order valence-electron chi connectivity index (χ0n) is 6.17. The van der Waals surface area contributed by atoms with Gasteiger partial charge in [-0.25, -0.2) is 0 Å². The van der Waals surface area contributed by atoms with Gasteiger partial charge < -0.3 is 0 Å². The first kappa shape index (κ1) is 8.43. The van der Waals surface area contributed by atoms with E-state index in [2.05, 4.69) is 23.8 Å². The number of aromatic nitrogens is 1. The average Bonchev–Trinajstić information content (AvgIpc) is 2.30. The normalized spacial score (nSPS) is 10.3. The van der Waals surface area contributed by atoms with Crippen molar-refractivity contribution in [1.29, 1.82) is 0 Å². The minimum Gasteiger partial charge on any atom is -0.185 e. The predicted molar refractivity (Wildman–Crippen MR) is 50.4 cm³/mol. The maximum atomic E-state index is 4.29. The summed E-state index contributed by atoms with van der Waals surface area (Å²) in [6, 6.07) is 0. The first-order chi connectivity index (χ1) is 4.79. The Labute approximate surface area is 73.8 Å². The Hall–Kier alpha value is 0.330. The third kappa shape index (κ3) is 1.49. The highest BCUT2D eigenvalue weighted by atomic mass is 32.2. The molecule has 1 heterocycles. The van der Waals surface area contributed by atoms with Gasteiger partial charge in [-0.05, 0) is 31.0 Å². The SMILES string of the molecule is CSc1nsc(SC)c1C. The van der Waals surface area contributed by atoms with E-state index < -0.39 is 0 Å². The lowest BCUT2D eigenvalue weighted by Crippen LogP contribution is -1.72. The minimum absolute atomic E-state index is 1.18. The van der Waals surface area contributed by atoms with Crippen LogP contribution in [0.1, 0.15) is 5.56 Å². The molecule has 0 saturated heterocycles. The molecule has 0 fully saturated rings. The number of hydrogen-bond donors (Lipinski definition) is 0. The van der Waals surface area contributed by atoms with E-state index in [1.165, 1.54) is 14.8 Å². The quantitative estimate of drug-likeness (QED) is 0.667. The summed E-state index contributed by atoms with van der Waals surface area (Å²) in [5.41, 5.74) is 1.34. The molecule has 56 valence electrons. The van der Waals surface area contributed by atoms with Crippen LogP contribution in [0.2, 0.25) is 0 Å². The summed E-state index contributed by atoms with van der Waals surface area (Å²) < 4.78 is 5.63. The van der Waals surface area contributed by atoms with Gasteiger partial charge in [0.25, 0.3) is 0 Å². The smallest absolute Gasteiger partial charge is 0.114 e. The number of rotatable bonds is 2. The van der Waals surface area contributed by atoms with E-state index in [0.717, 1.165) is 0 Å². The maximum absolute atomic E-state index is 4.29. The van der Waals surface area contributed by atoms with E-state index in [9.17, 15) is 0 Å². The number of nitrogens with zero attached hydrogens (tertiary/aromatic N) is 1. The first-order valence-corrected chi connectivity index (χ1v) is 6.06. The molecule has 0 saturated carbocycles. The molecule has 1 aromatic rings. The van der Waals surface area contributed by atoms with Crippen LogP contribution < -0.4 is 0 Å². The molecule has 0 aliphatic rings. The van der Waals surface area contributed by atoms with E-state index in [4.69, 9.17) is 0 Å². The molecule has 10 heavy (non-hydrogen) atoms. The van der Waals surface area contributed by atoms with Crippen LogP contribution in [0, 0.1) is 6.92 Å². The third-order valence-electron chi connectivity index (χ3n) is 1.22. The Morgan fingerprint density at radius 3 is 2.30 bits per heavy atom. The molecule has 1 rings (SSSR count). The largest absolute Gasteiger partial charge is 0.185 e. The van der Waals surface area contributed by atoms with Crippen molar-refractivity contribution in [3.63, 3.8) is 0 Å². The monoisotopic (exact) mass is 191 g/mol. The van der Waals surface area contributed by atoms with E-state index in [1.54, 1.807) is 35.1 Å². The highest BCUT2D eigenvalue weighted by Crippen LogP contribution is 2.31. The standard InChI is InChI=1S/C6H9NS3/c1-4-5(8-2)7-10-6(4)9-3/h1-3H3. The van der Waals surface area contributed by atoms with Gasteiger partial charge in [-0.15, -0.1) is 23.5 Å². The molecule has 0 aromatic carbocycles. The van der Waals surface area contributed by atoms with Gasteiger partial charge in [0.05, 0.1) is 4.21 Å². The van der Waals surface area contributed by atoms with Gasteiger partial charge in [0.1, 0.15) is 5.03 Å². The first-order valence-electron chi connectivity index (χ1n) is 2.84. The Morgan fingerprint density at radius 1 is 1.30 bits per heavy atom. The van der Waals surface area contributed by atoms with Crippen LogP contribution in [0.5, 0.6) is 0 Å². The van der Waals surface area contributed by atoms with Gasteiger partial charge >= 0.3 is 0 Å². The molecule has 0 aliphatic heterocycles. The molecule has 0 radical (unpaired) electrons. The van der Waals surface area contributed by atoms with E-state index in [-0.39, 0.29) is 0 Å². The Morgan fingerprint density at radius 2 is 2.00 bits per heavy atom. The fourth-order valence-electron chi connectivity index (χ4n) is 0.688. The van der Waals surface area contributed by atoms with Crippen LogP contribution in [-0.4, -0.2) is 16.9 Å². The average molecular weight is 191 g/mol. The van der Waals surface area contributed by atoms with Crippen LogP contribution >= 0.6 is 35.1 Å². The molecule has 4 heteroatoms. The summed E-state index contributed by atoms with van der Waals surface area (Å²) >= 11 is 5.08. The summed E-state index contributed by atoms with van der Waals surface area (Å²) in [7, 11) is 0. The van der Waals surface area contributed by atoms with Crippen molar-refractivity contribution in [2.24, 2.45) is 0 Å². The lowest BCUT2D eigenvalue weighted by molar-refractivity contribution is 1.19. The Balaban J connectivity index is 2.97. The fraction of sp³-hybridized carbons (Fsp3) is 0.500. The second-order valence-corrected chi connectivity index (χ2v) is 4.45. The van der Waals surface area contributed by atoms with Crippen molar-refractivity contribution < 1.29 is 0 Å². The summed E-state index contributed by atoms with van der Waals surface area (Å²) in [4.78, 5) is 0. The minimum atomic E-state index is 1.18. The number of hydrogen-bond acceptors (Lipinski definition) is 4. The second-order valence-electron chi connectivity index (χ2n) is 1.81. The summed E-state index contributed by atoms with van der Waals surface area (Å²) in [5, 5.41) is 1.18. The lowest BCUT2D eigenvalue weighted by Gasteiger charge is -1.91. The van der Waals surface area contributed by atoms with Crippen LogP contribution in [-0.2, 0) is 0 Å². The predicted octanol–water partition coefficient (Wildman–Crippen LogP) is 2.90. The zero-order chi connectivity index (χ0) is 7.56. The molecule has 0 N–H and O–H groups in total. The van der Waals surface area contributed by atoms with Gasteiger partial charge in [0, 0.05) is 5.56 Å². The van der Waals surface area contributed by atoms with Crippen LogP contribution in [0.4, 0.5) is 0 Å². The molecule has 0 bridgehead atoms. The van der Waals surface area contributed by atoms with Gasteiger partial charge in [-0.3, -0.25) is 0 Å². The van der Waals surface area contributed by atoms with Crippen molar-refractivity contribution in [2.45, 2.75) is 16.2 Å². The lowest BCUT2D eigenvalue weighted by atomic mass is 10.4. The fourth-order valence-corrected chi connectivity index (χ4v) is 2.98. The highest BCUT2D eigenvalue weighted by molar-refractivity contribution is 8.01. The topological polar surface area (TPSA) is 12.9 Å². The van der Waals surface area contributed by atoms with Crippen LogP contribution in [0.25, 0.3) is 0 Å². The molecule has 1 nitrogen and oxygen atoms in total. The van der Waals surface area contributed by atoms with Crippen molar-refractivity contribution in [3.05, 3.63) is 5.56 Å². The summed E-state index contributed by atoms with van der Waals surface area (Å²) in [6.45, 7) is 2.13. The van der Waals surface area contributed by atoms with Gasteiger partial charge in [0.2, 0.25) is 0 Å². The molecule has 0 atom stereocenters. The molecule has 0 aliphatic carbocycles. The third-order valence-corrected chi connectivity index (χ3v) is 4.26. The van der Waals surface area contributed by atoms with Gasteiger partial charge in [-0.2, -0.15) is 4.37 Å². The second kappa shape index (κ2) is 3.64. The van der Waals surface area contributed by atoms with Crippen molar-refractivity contribution in [3.8, 4) is 0 Å². The number of thioether (sulfide) groups is 2. The van der Waals surface area contributed by atoms with Gasteiger partial charge in [0.15, 0.2) is 0 Å². The van der Waals surface area contributed by atoms with Crippen LogP contribution in [0.3, 0.4) is 0 Å². The molecular formula is C6H9NS3. The van der Waals surface area contributed by atoms with Crippen molar-refractivity contribution in [2.75, 3.05) is 12.5 Å². The Kier molecular flexibility index (Phi) is 3.07. The van der Waals surface area contributed by atoms with Gasteiger partial charge in [-0.1, -0.05) is 0 Å². The molecule has 0 unspecified atom stereocenters. The summed E-state index contributed by atoms with van der Waals surface area (Å²) in [5.74, 6) is 0. The van der Waals surface area contributed by atoms with E-state index in [0.29, 0.717) is 0 Å². The van der Waals surface area contributed by atoms with Crippen molar-refractivity contribution in [1.82, 2.24) is 4.37 Å². The van der Waals surface area contributed by atoms with Crippen molar-refractivity contribution >= 4 is 35.1 Å². The molecular weight excluding hydrogens is 182 g/mol. The maximum Gasteiger partial charge on any atom is 0.114 e. The molecule has 0 amide bonds. The zero-order valence-corrected chi connectivity index (χ0v) is 8.62. The molecule has 0 spiro atoms. The molecule has 1 aromatic heterocycles.